The number of hydrogen-bond acceptors (Lipinski definition) is 5. The van der Waals surface area contributed by atoms with E-state index in [-0.39, 0.29) is 24.5 Å². The summed E-state index contributed by atoms with van der Waals surface area (Å²) in [6.07, 6.45) is 0.549. The molecule has 6 heteroatoms. The lowest BCUT2D eigenvalue weighted by Gasteiger charge is -2.22. The minimum Gasteiger partial charge on any atom is -0.504 e. The molecule has 0 aromatic heterocycles. The number of benzene rings is 2. The second kappa shape index (κ2) is 8.49. The molecule has 0 atom stereocenters. The minimum atomic E-state index is -1.80. The Morgan fingerprint density at radius 1 is 0.962 bits per heavy atom. The van der Waals surface area contributed by atoms with Crippen LogP contribution in [0.15, 0.2) is 30.3 Å². The minimum absolute atomic E-state index is 0.0512. The Kier molecular flexibility index (Phi) is 6.58. The van der Waals surface area contributed by atoms with Gasteiger partial charge in [-0.2, -0.15) is 0 Å². The standard InChI is InChI=1S/C20H26O5Si/c1-14-17(13-25-26(2,3)4)18(16(10-21)20(23)19(14)22)12-24-11-15-8-6-5-7-9-15/h5-10,22-23H,11-13H2,1-4H3. The summed E-state index contributed by atoms with van der Waals surface area (Å²) in [6, 6.07) is 9.70. The molecule has 0 aliphatic carbocycles. The van der Waals surface area contributed by atoms with E-state index in [0.717, 1.165) is 5.56 Å². The fourth-order valence-corrected chi connectivity index (χ4v) is 3.18. The summed E-state index contributed by atoms with van der Waals surface area (Å²) in [5, 5.41) is 20.3. The van der Waals surface area contributed by atoms with Crippen LogP contribution in [0.2, 0.25) is 19.6 Å². The topological polar surface area (TPSA) is 76.0 Å². The summed E-state index contributed by atoms with van der Waals surface area (Å²) in [6.45, 7) is 8.68. The Labute approximate surface area is 155 Å². The molecular formula is C20H26O5Si. The van der Waals surface area contributed by atoms with Crippen molar-refractivity contribution in [1.82, 2.24) is 0 Å². The molecule has 2 aromatic carbocycles. The zero-order valence-corrected chi connectivity index (χ0v) is 16.7. The Morgan fingerprint density at radius 3 is 2.19 bits per heavy atom. The van der Waals surface area contributed by atoms with E-state index in [1.807, 2.05) is 30.3 Å². The number of phenols is 2. The number of phenolic OH excluding ortho intramolecular Hbond substituents is 2. The van der Waals surface area contributed by atoms with Crippen molar-refractivity contribution >= 4 is 14.6 Å². The molecule has 2 rings (SSSR count). The summed E-state index contributed by atoms with van der Waals surface area (Å²) in [5.74, 6) is -0.694. The van der Waals surface area contributed by atoms with Gasteiger partial charge in [-0.25, -0.2) is 0 Å². The Bertz CT molecular complexity index is 766. The summed E-state index contributed by atoms with van der Waals surface area (Å²) >= 11 is 0. The monoisotopic (exact) mass is 374 g/mol. The molecule has 0 unspecified atom stereocenters. The third-order valence-electron chi connectivity index (χ3n) is 4.10. The highest BCUT2D eigenvalue weighted by Crippen LogP contribution is 2.38. The molecule has 0 bridgehead atoms. The Balaban J connectivity index is 2.32. The van der Waals surface area contributed by atoms with Crippen molar-refractivity contribution in [2.45, 2.75) is 46.4 Å². The van der Waals surface area contributed by atoms with Crippen LogP contribution in [-0.4, -0.2) is 24.8 Å². The van der Waals surface area contributed by atoms with E-state index in [4.69, 9.17) is 9.16 Å². The van der Waals surface area contributed by atoms with E-state index < -0.39 is 14.1 Å². The van der Waals surface area contributed by atoms with Gasteiger partial charge in [0.05, 0.1) is 25.4 Å². The van der Waals surface area contributed by atoms with Gasteiger partial charge >= 0.3 is 0 Å². The van der Waals surface area contributed by atoms with Gasteiger partial charge in [-0.05, 0) is 43.3 Å². The lowest BCUT2D eigenvalue weighted by atomic mass is 9.96. The van der Waals surface area contributed by atoms with Crippen LogP contribution < -0.4 is 0 Å². The largest absolute Gasteiger partial charge is 0.504 e. The zero-order chi connectivity index (χ0) is 19.3. The smallest absolute Gasteiger partial charge is 0.184 e. The number of aromatic hydroxyl groups is 2. The van der Waals surface area contributed by atoms with Crippen molar-refractivity contribution in [3.8, 4) is 11.5 Å². The second-order valence-corrected chi connectivity index (χ2v) is 11.7. The maximum atomic E-state index is 11.5. The van der Waals surface area contributed by atoms with Crippen molar-refractivity contribution in [3.63, 3.8) is 0 Å². The van der Waals surface area contributed by atoms with Crippen molar-refractivity contribution < 1.29 is 24.2 Å². The molecule has 0 amide bonds. The average molecular weight is 375 g/mol. The molecule has 26 heavy (non-hydrogen) atoms. The number of rotatable bonds is 8. The molecule has 0 saturated heterocycles. The zero-order valence-electron chi connectivity index (χ0n) is 15.7. The van der Waals surface area contributed by atoms with Crippen LogP contribution in [0.25, 0.3) is 0 Å². The van der Waals surface area contributed by atoms with Crippen LogP contribution in [0, 0.1) is 6.92 Å². The predicted molar refractivity (Wildman–Crippen MR) is 103 cm³/mol. The molecule has 0 heterocycles. The highest BCUT2D eigenvalue weighted by atomic mass is 28.4. The van der Waals surface area contributed by atoms with Gasteiger partial charge in [0.1, 0.15) is 0 Å². The molecule has 0 spiro atoms. The fraction of sp³-hybridized carbons (Fsp3) is 0.350. The molecule has 0 aliphatic heterocycles. The van der Waals surface area contributed by atoms with E-state index in [2.05, 4.69) is 19.6 Å². The molecule has 0 radical (unpaired) electrons. The number of hydrogen-bond donors (Lipinski definition) is 2. The van der Waals surface area contributed by atoms with Gasteiger partial charge in [0.15, 0.2) is 26.1 Å². The number of carbonyl (C=O) groups is 1. The normalized spacial score (nSPS) is 11.5. The van der Waals surface area contributed by atoms with Gasteiger partial charge in [-0.3, -0.25) is 4.79 Å². The third kappa shape index (κ3) is 4.94. The first kappa shape index (κ1) is 20.2. The van der Waals surface area contributed by atoms with Gasteiger partial charge in [-0.1, -0.05) is 30.3 Å². The number of carbonyl (C=O) groups excluding carboxylic acids is 1. The molecule has 140 valence electrons. The first-order valence-electron chi connectivity index (χ1n) is 8.51. The SMILES string of the molecule is Cc1c(O)c(O)c(C=O)c(COCc2ccccc2)c1CO[Si](C)(C)C. The Hall–Kier alpha value is -2.15. The molecular weight excluding hydrogens is 348 g/mol. The van der Waals surface area contributed by atoms with Crippen molar-refractivity contribution in [2.75, 3.05) is 0 Å². The van der Waals surface area contributed by atoms with Crippen LogP contribution in [0.5, 0.6) is 11.5 Å². The highest BCUT2D eigenvalue weighted by Gasteiger charge is 2.23. The van der Waals surface area contributed by atoms with Gasteiger partial charge < -0.3 is 19.4 Å². The number of aldehydes is 1. The van der Waals surface area contributed by atoms with Crippen LogP contribution in [0.1, 0.15) is 32.6 Å². The maximum absolute atomic E-state index is 11.5. The van der Waals surface area contributed by atoms with Crippen LogP contribution in [0.3, 0.4) is 0 Å². The van der Waals surface area contributed by atoms with Gasteiger partial charge in [-0.15, -0.1) is 0 Å². The first-order chi connectivity index (χ1) is 12.2. The van der Waals surface area contributed by atoms with Crippen molar-refractivity contribution in [3.05, 3.63) is 58.1 Å². The molecule has 2 N–H and O–H groups in total. The molecule has 0 saturated carbocycles. The summed E-state index contributed by atoms with van der Waals surface area (Å²) in [7, 11) is -1.80. The second-order valence-electron chi connectivity index (χ2n) is 7.19. The van der Waals surface area contributed by atoms with Gasteiger partial charge in [0, 0.05) is 5.56 Å². The Morgan fingerprint density at radius 2 is 1.62 bits per heavy atom. The molecule has 0 fully saturated rings. The van der Waals surface area contributed by atoms with Gasteiger partial charge in [0.25, 0.3) is 0 Å². The summed E-state index contributed by atoms with van der Waals surface area (Å²) in [4.78, 5) is 11.5. The lowest BCUT2D eigenvalue weighted by molar-refractivity contribution is 0.102. The summed E-state index contributed by atoms with van der Waals surface area (Å²) in [5.41, 5.74) is 2.82. The number of ether oxygens (including phenoxy) is 1. The highest BCUT2D eigenvalue weighted by molar-refractivity contribution is 6.69. The lowest BCUT2D eigenvalue weighted by Crippen LogP contribution is -2.25. The van der Waals surface area contributed by atoms with Crippen LogP contribution >= 0.6 is 0 Å². The molecule has 0 aliphatic rings. The van der Waals surface area contributed by atoms with E-state index in [1.54, 1.807) is 6.92 Å². The average Bonchev–Trinajstić information content (AvgIpc) is 2.60. The van der Waals surface area contributed by atoms with E-state index in [9.17, 15) is 15.0 Å². The fourth-order valence-electron chi connectivity index (χ4n) is 2.60. The van der Waals surface area contributed by atoms with Crippen LogP contribution in [-0.2, 0) is 29.0 Å². The van der Waals surface area contributed by atoms with Crippen LogP contribution in [0.4, 0.5) is 0 Å². The summed E-state index contributed by atoms with van der Waals surface area (Å²) < 4.78 is 11.7. The molecule has 2 aromatic rings. The quantitative estimate of drug-likeness (QED) is 0.410. The van der Waals surface area contributed by atoms with E-state index >= 15 is 0 Å². The molecule has 5 nitrogen and oxygen atoms in total. The predicted octanol–water partition coefficient (Wildman–Crippen LogP) is 4.29. The van der Waals surface area contributed by atoms with E-state index in [0.29, 0.717) is 29.6 Å². The first-order valence-corrected chi connectivity index (χ1v) is 11.9. The maximum Gasteiger partial charge on any atom is 0.184 e. The van der Waals surface area contributed by atoms with Gasteiger partial charge in [0.2, 0.25) is 0 Å². The van der Waals surface area contributed by atoms with Crippen molar-refractivity contribution in [1.29, 1.82) is 0 Å². The third-order valence-corrected chi connectivity index (χ3v) is 5.11. The van der Waals surface area contributed by atoms with E-state index in [1.165, 1.54) is 0 Å². The van der Waals surface area contributed by atoms with Crippen molar-refractivity contribution in [2.24, 2.45) is 0 Å².